The van der Waals surface area contributed by atoms with Gasteiger partial charge in [-0.1, -0.05) is 49.6 Å². The molecule has 0 aromatic heterocycles. The first-order chi connectivity index (χ1) is 8.36. The summed E-state index contributed by atoms with van der Waals surface area (Å²) in [5, 5.41) is 10.0. The summed E-state index contributed by atoms with van der Waals surface area (Å²) in [4.78, 5) is 0. The Morgan fingerprint density at radius 3 is 2.53 bits per heavy atom. The van der Waals surface area contributed by atoms with Crippen molar-refractivity contribution in [1.82, 2.24) is 0 Å². The van der Waals surface area contributed by atoms with E-state index in [2.05, 4.69) is 0 Å². The van der Waals surface area contributed by atoms with Crippen molar-refractivity contribution in [3.8, 4) is 0 Å². The highest BCUT2D eigenvalue weighted by molar-refractivity contribution is 5.13. The molecule has 0 aliphatic heterocycles. The summed E-state index contributed by atoms with van der Waals surface area (Å²) in [5.41, 5.74) is 1.17. The van der Waals surface area contributed by atoms with E-state index in [1.165, 1.54) is 24.8 Å². The lowest BCUT2D eigenvalue weighted by Crippen LogP contribution is -2.27. The van der Waals surface area contributed by atoms with Gasteiger partial charge < -0.3 is 9.84 Å². The molecule has 0 unspecified atom stereocenters. The zero-order valence-electron chi connectivity index (χ0n) is 10.3. The van der Waals surface area contributed by atoms with Crippen molar-refractivity contribution in [2.75, 3.05) is 6.61 Å². The third-order valence-electron chi connectivity index (χ3n) is 3.59. The summed E-state index contributed by atoms with van der Waals surface area (Å²) in [7, 11) is 0. The van der Waals surface area contributed by atoms with Crippen LogP contribution in [0.1, 0.15) is 37.7 Å². The third-order valence-corrected chi connectivity index (χ3v) is 3.59. The number of benzene rings is 1. The topological polar surface area (TPSA) is 29.5 Å². The molecule has 0 heterocycles. The minimum absolute atomic E-state index is 0.279. The van der Waals surface area contributed by atoms with E-state index in [4.69, 9.17) is 4.74 Å². The molecule has 1 atom stereocenters. The molecular formula is C15H22O2. The summed E-state index contributed by atoms with van der Waals surface area (Å²) in [6, 6.07) is 10.1. The average molecular weight is 234 g/mol. The fraction of sp³-hybridized carbons (Fsp3) is 0.600. The van der Waals surface area contributed by atoms with Crippen LogP contribution in [0.3, 0.4) is 0 Å². The first kappa shape index (κ1) is 12.6. The molecule has 1 N–H and O–H groups in total. The van der Waals surface area contributed by atoms with Crippen LogP contribution in [0.5, 0.6) is 0 Å². The van der Waals surface area contributed by atoms with Gasteiger partial charge in [0.1, 0.15) is 0 Å². The molecule has 0 bridgehead atoms. The standard InChI is InChI=1S/C15H22O2/c16-15(14-9-5-2-6-10-14)12-17-11-13-7-3-1-4-8-13/h1,3-4,7-8,14-16H,2,5-6,9-12H2/t15-/m1/s1. The summed E-state index contributed by atoms with van der Waals surface area (Å²) in [5.74, 6) is 0.458. The summed E-state index contributed by atoms with van der Waals surface area (Å²) < 4.78 is 5.58. The van der Waals surface area contributed by atoms with Gasteiger partial charge in [-0.25, -0.2) is 0 Å². The van der Waals surface area contributed by atoms with Crippen LogP contribution in [-0.2, 0) is 11.3 Å². The van der Waals surface area contributed by atoms with E-state index in [0.717, 1.165) is 12.8 Å². The van der Waals surface area contributed by atoms with Gasteiger partial charge in [-0.3, -0.25) is 0 Å². The second kappa shape index (κ2) is 6.77. The highest BCUT2D eigenvalue weighted by Gasteiger charge is 2.21. The second-order valence-corrected chi connectivity index (χ2v) is 4.97. The van der Waals surface area contributed by atoms with E-state index < -0.39 is 0 Å². The smallest absolute Gasteiger partial charge is 0.0801 e. The van der Waals surface area contributed by atoms with E-state index in [1.54, 1.807) is 0 Å². The second-order valence-electron chi connectivity index (χ2n) is 4.97. The predicted molar refractivity (Wildman–Crippen MR) is 68.7 cm³/mol. The molecule has 1 aromatic carbocycles. The van der Waals surface area contributed by atoms with Gasteiger partial charge >= 0.3 is 0 Å². The van der Waals surface area contributed by atoms with E-state index >= 15 is 0 Å². The van der Waals surface area contributed by atoms with Crippen LogP contribution < -0.4 is 0 Å². The zero-order valence-corrected chi connectivity index (χ0v) is 10.3. The summed E-state index contributed by atoms with van der Waals surface area (Å²) in [6.45, 7) is 1.07. The highest BCUT2D eigenvalue weighted by atomic mass is 16.5. The molecular weight excluding hydrogens is 212 g/mol. The van der Waals surface area contributed by atoms with Crippen molar-refractivity contribution < 1.29 is 9.84 Å². The lowest BCUT2D eigenvalue weighted by molar-refractivity contribution is -0.0108. The monoisotopic (exact) mass is 234 g/mol. The fourth-order valence-electron chi connectivity index (χ4n) is 2.53. The van der Waals surface area contributed by atoms with Crippen LogP contribution >= 0.6 is 0 Å². The van der Waals surface area contributed by atoms with E-state index in [1.807, 2.05) is 30.3 Å². The lowest BCUT2D eigenvalue weighted by atomic mass is 9.85. The molecule has 1 aliphatic rings. The van der Waals surface area contributed by atoms with Gasteiger partial charge in [-0.15, -0.1) is 0 Å². The number of aliphatic hydroxyl groups is 1. The Kier molecular flexibility index (Phi) is 5.02. The van der Waals surface area contributed by atoms with Crippen LogP contribution in [0.2, 0.25) is 0 Å². The quantitative estimate of drug-likeness (QED) is 0.848. The van der Waals surface area contributed by atoms with Gasteiger partial charge in [0.25, 0.3) is 0 Å². The van der Waals surface area contributed by atoms with Crippen LogP contribution in [0.4, 0.5) is 0 Å². The number of rotatable bonds is 5. The van der Waals surface area contributed by atoms with Crippen LogP contribution in [0.25, 0.3) is 0 Å². The highest BCUT2D eigenvalue weighted by Crippen LogP contribution is 2.26. The molecule has 0 saturated heterocycles. The molecule has 0 spiro atoms. The Labute approximate surface area is 104 Å². The molecule has 17 heavy (non-hydrogen) atoms. The van der Waals surface area contributed by atoms with Gasteiger partial charge in [-0.2, -0.15) is 0 Å². The first-order valence-electron chi connectivity index (χ1n) is 6.66. The van der Waals surface area contributed by atoms with Gasteiger partial charge in [-0.05, 0) is 24.3 Å². The van der Waals surface area contributed by atoms with Gasteiger partial charge in [0.2, 0.25) is 0 Å². The maximum atomic E-state index is 10.0. The molecule has 2 heteroatoms. The van der Waals surface area contributed by atoms with Crippen LogP contribution in [-0.4, -0.2) is 17.8 Å². The fourth-order valence-corrected chi connectivity index (χ4v) is 2.53. The van der Waals surface area contributed by atoms with Crippen molar-refractivity contribution in [2.45, 2.75) is 44.8 Å². The molecule has 2 rings (SSSR count). The minimum Gasteiger partial charge on any atom is -0.390 e. The van der Waals surface area contributed by atoms with Gasteiger partial charge in [0.15, 0.2) is 0 Å². The third kappa shape index (κ3) is 4.14. The Morgan fingerprint density at radius 2 is 1.82 bits per heavy atom. The Hall–Kier alpha value is -0.860. The van der Waals surface area contributed by atoms with Crippen molar-refractivity contribution >= 4 is 0 Å². The van der Waals surface area contributed by atoms with E-state index in [9.17, 15) is 5.11 Å². The normalized spacial score (nSPS) is 19.1. The number of hydrogen-bond acceptors (Lipinski definition) is 2. The van der Waals surface area contributed by atoms with Crippen molar-refractivity contribution in [1.29, 1.82) is 0 Å². The summed E-state index contributed by atoms with van der Waals surface area (Å²) >= 11 is 0. The Balaban J connectivity index is 1.67. The molecule has 1 saturated carbocycles. The maximum Gasteiger partial charge on any atom is 0.0801 e. The van der Waals surface area contributed by atoms with Crippen molar-refractivity contribution in [2.24, 2.45) is 5.92 Å². The maximum absolute atomic E-state index is 10.0. The van der Waals surface area contributed by atoms with Gasteiger partial charge in [0, 0.05) is 0 Å². The largest absolute Gasteiger partial charge is 0.390 e. The predicted octanol–water partition coefficient (Wildman–Crippen LogP) is 3.14. The molecule has 1 aliphatic carbocycles. The molecule has 1 fully saturated rings. The van der Waals surface area contributed by atoms with Crippen molar-refractivity contribution in [3.63, 3.8) is 0 Å². The number of ether oxygens (including phenoxy) is 1. The SMILES string of the molecule is O[C@H](COCc1ccccc1)C1CCCCC1. The lowest BCUT2D eigenvalue weighted by Gasteiger charge is -2.26. The summed E-state index contributed by atoms with van der Waals surface area (Å²) in [6.07, 6.45) is 5.90. The van der Waals surface area contributed by atoms with E-state index in [0.29, 0.717) is 19.1 Å². The zero-order chi connectivity index (χ0) is 11.9. The Morgan fingerprint density at radius 1 is 1.12 bits per heavy atom. The molecule has 0 amide bonds. The van der Waals surface area contributed by atoms with E-state index in [-0.39, 0.29) is 6.10 Å². The molecule has 1 aromatic rings. The number of aliphatic hydroxyl groups excluding tert-OH is 1. The van der Waals surface area contributed by atoms with Gasteiger partial charge in [0.05, 0.1) is 19.3 Å². The first-order valence-corrected chi connectivity index (χ1v) is 6.66. The van der Waals surface area contributed by atoms with Crippen LogP contribution in [0, 0.1) is 5.92 Å². The molecule has 2 nitrogen and oxygen atoms in total. The Bertz CT molecular complexity index is 304. The molecule has 94 valence electrons. The van der Waals surface area contributed by atoms with Crippen molar-refractivity contribution in [3.05, 3.63) is 35.9 Å². The number of hydrogen-bond donors (Lipinski definition) is 1. The molecule has 0 radical (unpaired) electrons. The van der Waals surface area contributed by atoms with Crippen LogP contribution in [0.15, 0.2) is 30.3 Å². The average Bonchev–Trinajstić information content (AvgIpc) is 2.41. The minimum atomic E-state index is -0.279.